The average Bonchev–Trinajstić information content (AvgIpc) is 2.72. The van der Waals surface area contributed by atoms with Crippen molar-refractivity contribution in [2.24, 2.45) is 0 Å². The Morgan fingerprint density at radius 1 is 0.966 bits per heavy atom. The molecule has 0 fully saturated rings. The molecule has 1 aliphatic heterocycles. The van der Waals surface area contributed by atoms with Gasteiger partial charge in [0.05, 0.1) is 0 Å². The number of pyridine rings is 1. The number of hydrogen-bond acceptors (Lipinski definition) is 3. The van der Waals surface area contributed by atoms with Crippen LogP contribution in [0.15, 0.2) is 66.7 Å². The average molecular weight is 426 g/mol. The standard InChI is InChI=1S/C22H17Cl2N3O2/c23-19-12-15(13-20(24)26-19)22(29)27-17-9-5-4-6-14(17)10-11-18(27)21(28)25-16-7-2-1-3-8-16/h1-9,12-13,18H,10-11H2,(H,25,28). The van der Waals surface area contributed by atoms with Gasteiger partial charge >= 0.3 is 0 Å². The molecule has 0 aliphatic carbocycles. The van der Waals surface area contributed by atoms with Crippen molar-refractivity contribution in [2.45, 2.75) is 18.9 Å². The number of rotatable bonds is 3. The van der Waals surface area contributed by atoms with Crippen molar-refractivity contribution < 1.29 is 9.59 Å². The molecule has 7 heteroatoms. The van der Waals surface area contributed by atoms with Crippen molar-refractivity contribution >= 4 is 46.4 Å². The Morgan fingerprint density at radius 3 is 2.34 bits per heavy atom. The van der Waals surface area contributed by atoms with Gasteiger partial charge in [-0.2, -0.15) is 0 Å². The van der Waals surface area contributed by atoms with Gasteiger partial charge in [0.25, 0.3) is 5.91 Å². The predicted octanol–water partition coefficient (Wildman–Crippen LogP) is 4.99. The van der Waals surface area contributed by atoms with Crippen molar-refractivity contribution in [1.82, 2.24) is 4.98 Å². The van der Waals surface area contributed by atoms with Crippen LogP contribution in [0.1, 0.15) is 22.3 Å². The van der Waals surface area contributed by atoms with Gasteiger partial charge in [-0.25, -0.2) is 4.98 Å². The molecule has 1 aromatic heterocycles. The molecule has 3 aromatic rings. The lowest BCUT2D eigenvalue weighted by molar-refractivity contribution is -0.117. The number of hydrogen-bond donors (Lipinski definition) is 1. The number of para-hydroxylation sites is 2. The first-order valence-corrected chi connectivity index (χ1v) is 9.89. The third kappa shape index (κ3) is 4.11. The van der Waals surface area contributed by atoms with Gasteiger partial charge in [-0.05, 0) is 48.7 Å². The molecule has 0 saturated carbocycles. The summed E-state index contributed by atoms with van der Waals surface area (Å²) in [6.07, 6.45) is 1.21. The number of carbonyl (C=O) groups is 2. The summed E-state index contributed by atoms with van der Waals surface area (Å²) in [5.41, 5.74) is 2.68. The first-order chi connectivity index (χ1) is 14.0. The number of aryl methyl sites for hydroxylation is 1. The number of nitrogens with one attached hydrogen (secondary N) is 1. The molecular formula is C22H17Cl2N3O2. The molecule has 1 atom stereocenters. The van der Waals surface area contributed by atoms with Gasteiger partial charge < -0.3 is 5.32 Å². The predicted molar refractivity (Wildman–Crippen MR) is 115 cm³/mol. The lowest BCUT2D eigenvalue weighted by Crippen LogP contribution is -2.50. The minimum absolute atomic E-state index is 0.122. The number of halogens is 2. The fourth-order valence-corrected chi connectivity index (χ4v) is 3.98. The molecule has 1 aliphatic rings. The Balaban J connectivity index is 1.72. The van der Waals surface area contributed by atoms with Crippen LogP contribution in [0.5, 0.6) is 0 Å². The highest BCUT2D eigenvalue weighted by Crippen LogP contribution is 2.33. The zero-order chi connectivity index (χ0) is 20.4. The van der Waals surface area contributed by atoms with Gasteiger partial charge in [-0.1, -0.05) is 59.6 Å². The summed E-state index contributed by atoms with van der Waals surface area (Å²) < 4.78 is 0. The fraction of sp³-hybridized carbons (Fsp3) is 0.136. The van der Waals surface area contributed by atoms with Gasteiger partial charge in [0.1, 0.15) is 16.3 Å². The highest BCUT2D eigenvalue weighted by molar-refractivity contribution is 6.33. The molecule has 0 spiro atoms. The second-order valence-electron chi connectivity index (χ2n) is 6.71. The normalized spacial score (nSPS) is 15.5. The van der Waals surface area contributed by atoms with Gasteiger partial charge in [0.2, 0.25) is 5.91 Å². The SMILES string of the molecule is O=C(Nc1ccccc1)C1CCc2ccccc2N1C(=O)c1cc(Cl)nc(Cl)c1. The monoisotopic (exact) mass is 425 g/mol. The van der Waals surface area contributed by atoms with E-state index in [0.717, 1.165) is 5.56 Å². The van der Waals surface area contributed by atoms with Crippen LogP contribution in [0.4, 0.5) is 11.4 Å². The minimum Gasteiger partial charge on any atom is -0.324 e. The molecular weight excluding hydrogens is 409 g/mol. The molecule has 4 rings (SSSR count). The number of aromatic nitrogens is 1. The largest absolute Gasteiger partial charge is 0.324 e. The third-order valence-electron chi connectivity index (χ3n) is 4.82. The number of amides is 2. The van der Waals surface area contributed by atoms with E-state index in [-0.39, 0.29) is 27.7 Å². The first kappa shape index (κ1) is 19.4. The van der Waals surface area contributed by atoms with E-state index in [1.807, 2.05) is 54.6 Å². The fourth-order valence-electron chi connectivity index (χ4n) is 3.52. The zero-order valence-corrected chi connectivity index (χ0v) is 16.8. The Hall–Kier alpha value is -2.89. The van der Waals surface area contributed by atoms with E-state index in [9.17, 15) is 9.59 Å². The van der Waals surface area contributed by atoms with E-state index in [0.29, 0.717) is 24.2 Å². The van der Waals surface area contributed by atoms with E-state index in [1.54, 1.807) is 0 Å². The molecule has 1 unspecified atom stereocenters. The van der Waals surface area contributed by atoms with Gasteiger partial charge in [-0.15, -0.1) is 0 Å². The lowest BCUT2D eigenvalue weighted by Gasteiger charge is -2.36. The summed E-state index contributed by atoms with van der Waals surface area (Å²) >= 11 is 12.0. The molecule has 146 valence electrons. The zero-order valence-electron chi connectivity index (χ0n) is 15.3. The van der Waals surface area contributed by atoms with E-state index >= 15 is 0 Å². The highest BCUT2D eigenvalue weighted by Gasteiger charge is 2.36. The molecule has 2 heterocycles. The number of carbonyl (C=O) groups excluding carboxylic acids is 2. The summed E-state index contributed by atoms with van der Waals surface area (Å²) in [6, 6.07) is 19.0. The van der Waals surface area contributed by atoms with Crippen LogP contribution in [0.25, 0.3) is 0 Å². The van der Waals surface area contributed by atoms with Crippen LogP contribution in [-0.4, -0.2) is 22.8 Å². The number of nitrogens with zero attached hydrogens (tertiary/aromatic N) is 2. The number of benzene rings is 2. The molecule has 0 radical (unpaired) electrons. The molecule has 0 bridgehead atoms. The maximum absolute atomic E-state index is 13.4. The molecule has 2 amide bonds. The molecule has 29 heavy (non-hydrogen) atoms. The quantitative estimate of drug-likeness (QED) is 0.601. The number of anilines is 2. The van der Waals surface area contributed by atoms with Crippen molar-refractivity contribution in [3.8, 4) is 0 Å². The van der Waals surface area contributed by atoms with E-state index < -0.39 is 6.04 Å². The summed E-state index contributed by atoms with van der Waals surface area (Å²) in [7, 11) is 0. The summed E-state index contributed by atoms with van der Waals surface area (Å²) in [6.45, 7) is 0. The van der Waals surface area contributed by atoms with Crippen LogP contribution in [0, 0.1) is 0 Å². The van der Waals surface area contributed by atoms with Crippen molar-refractivity contribution in [3.05, 3.63) is 88.2 Å². The summed E-state index contributed by atoms with van der Waals surface area (Å²) in [5, 5.41) is 3.15. The lowest BCUT2D eigenvalue weighted by atomic mass is 9.94. The number of fused-ring (bicyclic) bond motifs is 1. The summed E-state index contributed by atoms with van der Waals surface area (Å²) in [5.74, 6) is -0.595. The second kappa shape index (κ2) is 8.23. The maximum atomic E-state index is 13.4. The third-order valence-corrected chi connectivity index (χ3v) is 5.21. The van der Waals surface area contributed by atoms with E-state index in [4.69, 9.17) is 23.2 Å². The van der Waals surface area contributed by atoms with Gasteiger partial charge in [0, 0.05) is 16.9 Å². The van der Waals surface area contributed by atoms with E-state index in [1.165, 1.54) is 17.0 Å². The minimum atomic E-state index is -0.664. The molecule has 2 aromatic carbocycles. The topological polar surface area (TPSA) is 62.3 Å². The first-order valence-electron chi connectivity index (χ1n) is 9.13. The van der Waals surface area contributed by atoms with Crippen LogP contribution in [0.3, 0.4) is 0 Å². The highest BCUT2D eigenvalue weighted by atomic mass is 35.5. The van der Waals surface area contributed by atoms with Crippen molar-refractivity contribution in [3.63, 3.8) is 0 Å². The van der Waals surface area contributed by atoms with Crippen molar-refractivity contribution in [2.75, 3.05) is 10.2 Å². The smallest absolute Gasteiger partial charge is 0.259 e. The molecule has 1 N–H and O–H groups in total. The van der Waals surface area contributed by atoms with Crippen LogP contribution in [0.2, 0.25) is 10.3 Å². The molecule has 5 nitrogen and oxygen atoms in total. The Morgan fingerprint density at radius 2 is 1.62 bits per heavy atom. The van der Waals surface area contributed by atoms with Crippen LogP contribution < -0.4 is 10.2 Å². The molecule has 0 saturated heterocycles. The van der Waals surface area contributed by atoms with Gasteiger partial charge in [-0.3, -0.25) is 14.5 Å². The Bertz CT molecular complexity index is 1050. The Kier molecular flexibility index (Phi) is 5.51. The maximum Gasteiger partial charge on any atom is 0.259 e. The Labute approximate surface area is 178 Å². The van der Waals surface area contributed by atoms with Crippen LogP contribution >= 0.6 is 23.2 Å². The van der Waals surface area contributed by atoms with Crippen LogP contribution in [-0.2, 0) is 11.2 Å². The van der Waals surface area contributed by atoms with E-state index in [2.05, 4.69) is 10.3 Å². The second-order valence-corrected chi connectivity index (χ2v) is 7.49. The van der Waals surface area contributed by atoms with Crippen molar-refractivity contribution in [1.29, 1.82) is 0 Å². The summed E-state index contributed by atoms with van der Waals surface area (Å²) in [4.78, 5) is 31.9. The van der Waals surface area contributed by atoms with Gasteiger partial charge in [0.15, 0.2) is 0 Å².